The Bertz CT molecular complexity index is 1560. The minimum Gasteiger partial charge on any atom is -0.507 e. The Morgan fingerprint density at radius 2 is 1.87 bits per heavy atom. The molecule has 194 valence electrons. The Morgan fingerprint density at radius 3 is 2.66 bits per heavy atom. The van der Waals surface area contributed by atoms with Gasteiger partial charge in [-0.25, -0.2) is 4.98 Å². The molecule has 1 saturated heterocycles. The normalized spacial score (nSPS) is 16.8. The van der Waals surface area contributed by atoms with Crippen molar-refractivity contribution in [3.05, 3.63) is 88.5 Å². The second-order valence-electron chi connectivity index (χ2n) is 8.78. The Hall–Kier alpha value is -3.88. The summed E-state index contributed by atoms with van der Waals surface area (Å²) in [7, 11) is 1.54. The minimum absolute atomic E-state index is 0.0359. The fraction of sp³-hybridized carbons (Fsp3) is 0.207. The highest BCUT2D eigenvalue weighted by atomic mass is 35.5. The van der Waals surface area contributed by atoms with Crippen LogP contribution in [0.15, 0.2) is 72.3 Å². The van der Waals surface area contributed by atoms with E-state index >= 15 is 0 Å². The third-order valence-electron chi connectivity index (χ3n) is 6.27. The summed E-state index contributed by atoms with van der Waals surface area (Å²) >= 11 is 7.41. The number of anilines is 1. The molecule has 1 amide bonds. The van der Waals surface area contributed by atoms with Crippen molar-refractivity contribution < 1.29 is 24.2 Å². The predicted molar refractivity (Wildman–Crippen MR) is 149 cm³/mol. The number of methoxy groups -OCH3 is 1. The Labute approximate surface area is 228 Å². The van der Waals surface area contributed by atoms with Crippen molar-refractivity contribution in [1.82, 2.24) is 4.98 Å². The number of rotatable bonds is 8. The first-order valence-corrected chi connectivity index (χ1v) is 13.3. The average Bonchev–Trinajstić information content (AvgIpc) is 3.46. The van der Waals surface area contributed by atoms with Crippen molar-refractivity contribution >= 4 is 55.7 Å². The van der Waals surface area contributed by atoms with Gasteiger partial charge in [-0.2, -0.15) is 0 Å². The maximum absolute atomic E-state index is 13.5. The van der Waals surface area contributed by atoms with Crippen LogP contribution in [0.2, 0.25) is 5.02 Å². The van der Waals surface area contributed by atoms with Crippen LogP contribution in [0, 0.1) is 0 Å². The number of fused-ring (bicyclic) bond motifs is 1. The first kappa shape index (κ1) is 25.8. The van der Waals surface area contributed by atoms with Crippen molar-refractivity contribution in [2.45, 2.75) is 25.8 Å². The van der Waals surface area contributed by atoms with E-state index in [0.717, 1.165) is 17.5 Å². The molecular formula is C29H25ClN2O5S. The monoisotopic (exact) mass is 548 g/mol. The highest BCUT2D eigenvalue weighted by molar-refractivity contribution is 7.22. The van der Waals surface area contributed by atoms with Crippen molar-refractivity contribution in [3.63, 3.8) is 0 Å². The summed E-state index contributed by atoms with van der Waals surface area (Å²) in [5, 5.41) is 12.3. The van der Waals surface area contributed by atoms with Crippen molar-refractivity contribution in [3.8, 4) is 11.5 Å². The lowest BCUT2D eigenvalue weighted by Crippen LogP contribution is -2.29. The number of Topliss-reactive ketones (excluding diaryl/α,β-unsaturated/α-hetero) is 1. The second kappa shape index (κ2) is 10.8. The number of unbranched alkanes of at least 4 members (excludes halogenated alkanes) is 1. The summed E-state index contributed by atoms with van der Waals surface area (Å²) in [5.41, 5.74) is 1.59. The highest BCUT2D eigenvalue weighted by Crippen LogP contribution is 2.45. The van der Waals surface area contributed by atoms with Crippen molar-refractivity contribution in [2.24, 2.45) is 0 Å². The smallest absolute Gasteiger partial charge is 0.301 e. The summed E-state index contributed by atoms with van der Waals surface area (Å²) in [6.07, 6.45) is 1.88. The van der Waals surface area contributed by atoms with Gasteiger partial charge in [-0.1, -0.05) is 60.5 Å². The first-order valence-electron chi connectivity index (χ1n) is 12.2. The molecule has 0 spiro atoms. The summed E-state index contributed by atoms with van der Waals surface area (Å²) in [6.45, 7) is 2.61. The van der Waals surface area contributed by atoms with E-state index < -0.39 is 17.7 Å². The fourth-order valence-electron chi connectivity index (χ4n) is 4.37. The number of ether oxygens (including phenoxy) is 2. The zero-order valence-corrected chi connectivity index (χ0v) is 22.4. The molecule has 0 saturated carbocycles. The summed E-state index contributed by atoms with van der Waals surface area (Å²) in [4.78, 5) is 32.9. The van der Waals surface area contributed by atoms with Crippen molar-refractivity contribution in [2.75, 3.05) is 18.6 Å². The highest BCUT2D eigenvalue weighted by Gasteiger charge is 2.48. The predicted octanol–water partition coefficient (Wildman–Crippen LogP) is 6.76. The van der Waals surface area contributed by atoms with E-state index in [9.17, 15) is 14.7 Å². The Kier molecular flexibility index (Phi) is 7.35. The van der Waals surface area contributed by atoms with E-state index in [1.165, 1.54) is 23.3 Å². The number of aliphatic hydroxyl groups is 1. The largest absolute Gasteiger partial charge is 0.507 e. The van der Waals surface area contributed by atoms with E-state index in [0.29, 0.717) is 44.9 Å². The number of aliphatic hydroxyl groups excluding tert-OH is 1. The molecule has 0 radical (unpaired) electrons. The molecular weight excluding hydrogens is 524 g/mol. The quantitative estimate of drug-likeness (QED) is 0.113. The van der Waals surface area contributed by atoms with Crippen LogP contribution in [-0.2, 0) is 9.59 Å². The summed E-state index contributed by atoms with van der Waals surface area (Å²) in [6, 6.07) is 18.3. The van der Waals surface area contributed by atoms with Crippen LogP contribution in [0.25, 0.3) is 16.0 Å². The maximum atomic E-state index is 13.5. The van der Waals surface area contributed by atoms with Crippen LogP contribution >= 0.6 is 22.9 Å². The molecule has 1 aliphatic rings. The van der Waals surface area contributed by atoms with Gasteiger partial charge in [-0.3, -0.25) is 14.5 Å². The lowest BCUT2D eigenvalue weighted by atomic mass is 9.95. The molecule has 7 nitrogen and oxygen atoms in total. The number of carbonyl (C=O) groups excluding carboxylic acids is 2. The Morgan fingerprint density at radius 1 is 1.08 bits per heavy atom. The number of carbonyl (C=O) groups is 2. The minimum atomic E-state index is -0.925. The molecule has 1 aromatic heterocycles. The maximum Gasteiger partial charge on any atom is 0.301 e. The van der Waals surface area contributed by atoms with Crippen LogP contribution in [0.5, 0.6) is 11.5 Å². The van der Waals surface area contributed by atoms with Gasteiger partial charge in [-0.15, -0.1) is 0 Å². The molecule has 1 atom stereocenters. The number of nitrogens with zero attached hydrogens (tertiary/aromatic N) is 2. The zero-order valence-electron chi connectivity index (χ0n) is 20.8. The number of amides is 1. The fourth-order valence-corrected chi connectivity index (χ4v) is 5.64. The molecule has 3 aromatic carbocycles. The standard InChI is InChI=1S/C29H25ClN2O5S/c1-3-4-13-37-21-10-6-8-18(15-21)26(33)24-25(17-7-5-9-20(14-17)36-2)32(28(35)27(24)34)29-31-22-12-11-19(30)16-23(22)38-29/h5-12,14-16,25,33H,3-4,13H2,1-2H3. The van der Waals surface area contributed by atoms with Gasteiger partial charge in [0, 0.05) is 10.6 Å². The molecule has 4 aromatic rings. The molecule has 38 heavy (non-hydrogen) atoms. The van der Waals surface area contributed by atoms with Gasteiger partial charge < -0.3 is 14.6 Å². The van der Waals surface area contributed by atoms with Gasteiger partial charge in [0.1, 0.15) is 17.3 Å². The van der Waals surface area contributed by atoms with E-state index in [2.05, 4.69) is 11.9 Å². The lowest BCUT2D eigenvalue weighted by molar-refractivity contribution is -0.132. The van der Waals surface area contributed by atoms with Crippen LogP contribution in [-0.4, -0.2) is 35.5 Å². The van der Waals surface area contributed by atoms with Gasteiger partial charge in [0.15, 0.2) is 5.13 Å². The van der Waals surface area contributed by atoms with Crippen LogP contribution in [0.4, 0.5) is 5.13 Å². The van der Waals surface area contributed by atoms with Gasteiger partial charge in [0.05, 0.1) is 35.5 Å². The first-order chi connectivity index (χ1) is 18.4. The van der Waals surface area contributed by atoms with Crippen molar-refractivity contribution in [1.29, 1.82) is 0 Å². The van der Waals surface area contributed by atoms with Gasteiger partial charge >= 0.3 is 5.91 Å². The van der Waals surface area contributed by atoms with Crippen LogP contribution < -0.4 is 14.4 Å². The molecule has 0 aliphatic carbocycles. The van der Waals surface area contributed by atoms with E-state index in [4.69, 9.17) is 21.1 Å². The summed E-state index contributed by atoms with van der Waals surface area (Å²) < 4.78 is 12.0. The number of halogens is 1. The van der Waals surface area contributed by atoms with Crippen LogP contribution in [0.1, 0.15) is 36.9 Å². The van der Waals surface area contributed by atoms with E-state index in [-0.39, 0.29) is 11.3 Å². The number of ketones is 1. The van der Waals surface area contributed by atoms with E-state index in [1.54, 1.807) is 66.7 Å². The molecule has 1 aliphatic heterocycles. The van der Waals surface area contributed by atoms with Crippen LogP contribution in [0.3, 0.4) is 0 Å². The summed E-state index contributed by atoms with van der Waals surface area (Å²) in [5.74, 6) is -0.748. The molecule has 2 heterocycles. The number of hydrogen-bond acceptors (Lipinski definition) is 7. The number of benzene rings is 3. The Balaban J connectivity index is 1.66. The SMILES string of the molecule is CCCCOc1cccc(C(O)=C2C(=O)C(=O)N(c3nc4ccc(Cl)cc4s3)C2c2cccc(OC)c2)c1. The third kappa shape index (κ3) is 4.85. The molecule has 9 heteroatoms. The molecule has 1 N–H and O–H groups in total. The number of aromatic nitrogens is 1. The molecule has 1 fully saturated rings. The van der Waals surface area contributed by atoms with Gasteiger partial charge in [0.25, 0.3) is 5.78 Å². The molecule has 0 bridgehead atoms. The third-order valence-corrected chi connectivity index (χ3v) is 7.53. The second-order valence-corrected chi connectivity index (χ2v) is 10.2. The van der Waals surface area contributed by atoms with Gasteiger partial charge in [-0.05, 0) is 54.4 Å². The average molecular weight is 549 g/mol. The number of thiazole rings is 1. The molecule has 5 rings (SSSR count). The zero-order chi connectivity index (χ0) is 26.8. The lowest BCUT2D eigenvalue weighted by Gasteiger charge is -2.23. The van der Waals surface area contributed by atoms with E-state index in [1.807, 2.05) is 0 Å². The topological polar surface area (TPSA) is 89.0 Å². The van der Waals surface area contributed by atoms with Gasteiger partial charge in [0.2, 0.25) is 0 Å². The number of hydrogen-bond donors (Lipinski definition) is 1. The molecule has 1 unspecified atom stereocenters.